The van der Waals surface area contributed by atoms with Gasteiger partial charge in [-0.25, -0.2) is 0 Å². The van der Waals surface area contributed by atoms with Crippen LogP contribution in [0.4, 0.5) is 0 Å². The second kappa shape index (κ2) is 7.40. The van der Waals surface area contributed by atoms with E-state index in [2.05, 4.69) is 12.1 Å². The van der Waals surface area contributed by atoms with Crippen molar-refractivity contribution in [2.24, 2.45) is 0 Å². The Hall–Kier alpha value is -3.74. The molecule has 2 aromatic carbocycles. The molecule has 1 saturated heterocycles. The van der Waals surface area contributed by atoms with Crippen LogP contribution in [-0.4, -0.2) is 41.0 Å². The van der Waals surface area contributed by atoms with Gasteiger partial charge in [0, 0.05) is 17.2 Å². The lowest BCUT2D eigenvalue weighted by Crippen LogP contribution is -2.54. The molecule has 3 aliphatic heterocycles. The molecule has 0 bridgehead atoms. The summed E-state index contributed by atoms with van der Waals surface area (Å²) in [4.78, 5) is 30.3. The van der Waals surface area contributed by atoms with Crippen molar-refractivity contribution in [3.63, 3.8) is 0 Å². The first-order valence-corrected chi connectivity index (χ1v) is 11.3. The third-order valence-electron chi connectivity index (χ3n) is 6.84. The summed E-state index contributed by atoms with van der Waals surface area (Å²) in [5, 5.41) is 0. The molecule has 3 heterocycles. The number of allylic oxidation sites excluding steroid dienone is 2. The fourth-order valence-electron chi connectivity index (χ4n) is 4.88. The topological polar surface area (TPSA) is 68.3 Å². The fourth-order valence-corrected chi connectivity index (χ4v) is 4.88. The average Bonchev–Trinajstić information content (AvgIpc) is 3.56. The van der Waals surface area contributed by atoms with Gasteiger partial charge in [-0.3, -0.25) is 14.5 Å². The van der Waals surface area contributed by atoms with Gasteiger partial charge in [-0.15, -0.1) is 0 Å². The van der Waals surface area contributed by atoms with E-state index < -0.39 is 6.23 Å². The Bertz CT molecular complexity index is 1250. The Balaban J connectivity index is 1.47. The quantitative estimate of drug-likeness (QED) is 0.718. The van der Waals surface area contributed by atoms with Gasteiger partial charge in [0.2, 0.25) is 18.9 Å². The van der Waals surface area contributed by atoms with Crippen molar-refractivity contribution < 1.29 is 23.8 Å². The summed E-state index contributed by atoms with van der Waals surface area (Å²) in [5.41, 5.74) is 4.12. The SMILES string of the molecule is CC[C@@H](C)N1CC(=O)N2C(=C(C3=CCc4ccccc43)O[C@@H]2c2ccc3c(c2)OCO3)C1=O. The minimum Gasteiger partial charge on any atom is -0.463 e. The molecule has 1 fully saturated rings. The summed E-state index contributed by atoms with van der Waals surface area (Å²) in [6.45, 7) is 4.18. The number of hydrogen-bond acceptors (Lipinski definition) is 5. The van der Waals surface area contributed by atoms with Gasteiger partial charge in [0.05, 0.1) is 0 Å². The van der Waals surface area contributed by atoms with Crippen LogP contribution in [0.15, 0.2) is 60.0 Å². The molecular formula is C26H24N2O5. The minimum atomic E-state index is -0.742. The van der Waals surface area contributed by atoms with Gasteiger partial charge in [-0.2, -0.15) is 0 Å². The first kappa shape index (κ1) is 19.9. The molecule has 0 spiro atoms. The molecule has 33 heavy (non-hydrogen) atoms. The number of fused-ring (bicyclic) bond motifs is 3. The van der Waals surface area contributed by atoms with Crippen molar-refractivity contribution in [3.8, 4) is 11.5 Å². The first-order valence-electron chi connectivity index (χ1n) is 11.3. The predicted molar refractivity (Wildman–Crippen MR) is 120 cm³/mol. The molecule has 1 aliphatic carbocycles. The number of rotatable bonds is 4. The van der Waals surface area contributed by atoms with Crippen molar-refractivity contribution in [2.75, 3.05) is 13.3 Å². The summed E-state index contributed by atoms with van der Waals surface area (Å²) in [5.74, 6) is 1.39. The van der Waals surface area contributed by atoms with Crippen molar-refractivity contribution in [1.29, 1.82) is 0 Å². The third-order valence-corrected chi connectivity index (χ3v) is 6.84. The molecular weight excluding hydrogens is 420 g/mol. The van der Waals surface area contributed by atoms with Crippen LogP contribution in [0.25, 0.3) is 5.57 Å². The Labute approximate surface area is 191 Å². The smallest absolute Gasteiger partial charge is 0.275 e. The van der Waals surface area contributed by atoms with E-state index in [-0.39, 0.29) is 31.2 Å². The normalized spacial score (nSPS) is 21.8. The number of carbonyl (C=O) groups excluding carboxylic acids is 2. The van der Waals surface area contributed by atoms with E-state index >= 15 is 0 Å². The number of ether oxygens (including phenoxy) is 3. The number of amides is 2. The van der Waals surface area contributed by atoms with E-state index in [0.717, 1.165) is 29.5 Å². The van der Waals surface area contributed by atoms with Gasteiger partial charge in [-0.05, 0) is 49.1 Å². The molecule has 0 N–H and O–H groups in total. The second-order valence-electron chi connectivity index (χ2n) is 8.69. The predicted octanol–water partition coefficient (Wildman–Crippen LogP) is 3.76. The van der Waals surface area contributed by atoms with Crippen LogP contribution in [-0.2, 0) is 20.7 Å². The van der Waals surface area contributed by atoms with E-state index in [1.807, 2.05) is 50.2 Å². The van der Waals surface area contributed by atoms with Gasteiger partial charge < -0.3 is 19.1 Å². The lowest BCUT2D eigenvalue weighted by atomic mass is 10.0. The molecule has 2 amide bonds. The van der Waals surface area contributed by atoms with E-state index in [1.165, 1.54) is 10.5 Å². The summed E-state index contributed by atoms with van der Waals surface area (Å²) in [7, 11) is 0. The van der Waals surface area contributed by atoms with Crippen LogP contribution in [0, 0.1) is 0 Å². The summed E-state index contributed by atoms with van der Waals surface area (Å²) >= 11 is 0. The molecule has 168 valence electrons. The van der Waals surface area contributed by atoms with Crippen LogP contribution in [0.1, 0.15) is 43.2 Å². The first-order chi connectivity index (χ1) is 16.1. The number of nitrogens with zero attached hydrogens (tertiary/aromatic N) is 2. The number of carbonyl (C=O) groups is 2. The molecule has 0 aromatic heterocycles. The second-order valence-corrected chi connectivity index (χ2v) is 8.69. The van der Waals surface area contributed by atoms with E-state index in [0.29, 0.717) is 23.0 Å². The maximum atomic E-state index is 13.7. The molecule has 6 rings (SSSR count). The Morgan fingerprint density at radius 2 is 1.91 bits per heavy atom. The summed E-state index contributed by atoms with van der Waals surface area (Å²) in [6, 6.07) is 13.5. The highest BCUT2D eigenvalue weighted by Crippen LogP contribution is 2.48. The van der Waals surface area contributed by atoms with Gasteiger partial charge in [0.1, 0.15) is 6.54 Å². The molecule has 2 atom stereocenters. The number of hydrogen-bond donors (Lipinski definition) is 0. The van der Waals surface area contributed by atoms with Crippen molar-refractivity contribution in [2.45, 2.75) is 39.0 Å². The molecule has 7 heteroatoms. The monoisotopic (exact) mass is 444 g/mol. The van der Waals surface area contributed by atoms with Crippen LogP contribution in [0.2, 0.25) is 0 Å². The zero-order chi connectivity index (χ0) is 22.7. The largest absolute Gasteiger partial charge is 0.463 e. The number of benzene rings is 2. The Kier molecular flexibility index (Phi) is 4.47. The summed E-state index contributed by atoms with van der Waals surface area (Å²) in [6.07, 6.45) is 2.86. The molecule has 0 saturated carbocycles. The maximum Gasteiger partial charge on any atom is 0.275 e. The van der Waals surface area contributed by atoms with Gasteiger partial charge in [0.15, 0.2) is 23.0 Å². The Morgan fingerprint density at radius 1 is 1.09 bits per heavy atom. The third kappa shape index (κ3) is 2.95. The lowest BCUT2D eigenvalue weighted by molar-refractivity contribution is -0.151. The molecule has 0 radical (unpaired) electrons. The molecule has 0 unspecified atom stereocenters. The van der Waals surface area contributed by atoms with Gasteiger partial charge in [-0.1, -0.05) is 37.3 Å². The standard InChI is InChI=1S/C26H24N2O5/c1-3-15(2)27-13-22(29)28-23(25(27)30)24(19-10-8-16-6-4-5-7-18(16)19)33-26(28)17-9-11-20-21(12-17)32-14-31-20/h4-7,9-12,15,26H,3,8,13-14H2,1-2H3/t15-,26-/m1/s1. The zero-order valence-electron chi connectivity index (χ0n) is 18.5. The van der Waals surface area contributed by atoms with Crippen LogP contribution in [0.3, 0.4) is 0 Å². The maximum absolute atomic E-state index is 13.7. The van der Waals surface area contributed by atoms with E-state index in [4.69, 9.17) is 14.2 Å². The Morgan fingerprint density at radius 3 is 2.76 bits per heavy atom. The van der Waals surface area contributed by atoms with Crippen molar-refractivity contribution >= 4 is 17.4 Å². The zero-order valence-corrected chi connectivity index (χ0v) is 18.5. The van der Waals surface area contributed by atoms with Crippen LogP contribution >= 0.6 is 0 Å². The van der Waals surface area contributed by atoms with Gasteiger partial charge in [0.25, 0.3) is 5.91 Å². The molecule has 4 aliphatic rings. The van der Waals surface area contributed by atoms with Crippen molar-refractivity contribution in [1.82, 2.24) is 9.80 Å². The van der Waals surface area contributed by atoms with Crippen LogP contribution in [0.5, 0.6) is 11.5 Å². The van der Waals surface area contributed by atoms with Gasteiger partial charge >= 0.3 is 0 Å². The average molecular weight is 444 g/mol. The fraction of sp³-hybridized carbons (Fsp3) is 0.308. The number of piperazine rings is 1. The van der Waals surface area contributed by atoms with E-state index in [9.17, 15) is 9.59 Å². The highest BCUT2D eigenvalue weighted by molar-refractivity contribution is 6.07. The lowest BCUT2D eigenvalue weighted by Gasteiger charge is -2.37. The molecule has 2 aromatic rings. The van der Waals surface area contributed by atoms with Crippen molar-refractivity contribution in [3.05, 3.63) is 76.7 Å². The highest BCUT2D eigenvalue weighted by Gasteiger charge is 2.49. The highest BCUT2D eigenvalue weighted by atomic mass is 16.7. The van der Waals surface area contributed by atoms with E-state index in [1.54, 1.807) is 4.90 Å². The summed E-state index contributed by atoms with van der Waals surface area (Å²) < 4.78 is 17.4. The van der Waals surface area contributed by atoms with Crippen LogP contribution < -0.4 is 9.47 Å². The minimum absolute atomic E-state index is 0.0324. The molecule has 7 nitrogen and oxygen atoms in total.